The van der Waals surface area contributed by atoms with Crippen LogP contribution in [0.3, 0.4) is 0 Å². The average Bonchev–Trinajstić information content (AvgIpc) is 0.737. The van der Waals surface area contributed by atoms with E-state index in [1.54, 1.807) is 6.92 Å². The van der Waals surface area contributed by atoms with E-state index in [2.05, 4.69) is 40.7 Å². The first kappa shape index (κ1) is 76.0. The molecule has 15 N–H and O–H groups in total. The first-order valence-corrected chi connectivity index (χ1v) is 34.3. The first-order chi connectivity index (χ1) is 46.0. The monoisotopic (exact) mass is 1410 g/mol. The van der Waals surface area contributed by atoms with Gasteiger partial charge in [-0.15, -0.1) is 0 Å². The van der Waals surface area contributed by atoms with E-state index in [0.717, 1.165) is 18.8 Å². The minimum atomic E-state index is -2.11. The van der Waals surface area contributed by atoms with Gasteiger partial charge in [-0.25, -0.2) is 4.79 Å². The van der Waals surface area contributed by atoms with E-state index in [0.29, 0.717) is 57.8 Å². The number of esters is 2. The SMILES string of the molecule is CC(=O)OC1C(C)OC(OC(=O)C23CCC(C)(C)CC2C2=CCC4C5(C)CCC(OC6OC(C(=O)O)C(O)C(O)C6OC6OC(CO)C(O)C(O)C6O)C(C)(C=O)C5CCC4(C)C2(C)CC3)C(OC2OC(C)C(OC3OCC(O)C(O)C3O)C(O)C2O)C1OC1OC(CO)C(O)C1O. The molecule has 5 aliphatic carbocycles. The topological polar surface area (TPSA) is 492 Å². The summed E-state index contributed by atoms with van der Waals surface area (Å²) in [7, 11) is 0. The molecule has 32 heteroatoms. The summed E-state index contributed by atoms with van der Waals surface area (Å²) < 4.78 is 79.1. The van der Waals surface area contributed by atoms with Crippen molar-refractivity contribution in [2.75, 3.05) is 19.8 Å². The van der Waals surface area contributed by atoms with Crippen molar-refractivity contribution >= 4 is 24.2 Å². The molecule has 6 heterocycles. The number of aliphatic carboxylic acids is 1. The van der Waals surface area contributed by atoms with Gasteiger partial charge in [0.25, 0.3) is 0 Å². The molecule has 11 rings (SSSR count). The maximum Gasteiger partial charge on any atom is 0.335 e. The van der Waals surface area contributed by atoms with Gasteiger partial charge < -0.3 is 143 Å². The molecule has 0 aromatic rings. The van der Waals surface area contributed by atoms with Crippen LogP contribution in [-0.2, 0) is 80.8 Å². The van der Waals surface area contributed by atoms with Crippen LogP contribution in [0.2, 0.25) is 0 Å². The zero-order chi connectivity index (χ0) is 71.6. The fourth-order valence-corrected chi connectivity index (χ4v) is 19.1. The largest absolute Gasteiger partial charge is 0.479 e. The van der Waals surface area contributed by atoms with Crippen LogP contribution in [0.4, 0.5) is 0 Å². The van der Waals surface area contributed by atoms with E-state index in [9.17, 15) is 91.0 Å². The lowest BCUT2D eigenvalue weighted by Crippen LogP contribution is -2.68. The van der Waals surface area contributed by atoms with Gasteiger partial charge in [-0.3, -0.25) is 9.59 Å². The van der Waals surface area contributed by atoms with Crippen LogP contribution in [0.15, 0.2) is 11.6 Å². The molecule has 37 unspecified atom stereocenters. The van der Waals surface area contributed by atoms with Gasteiger partial charge >= 0.3 is 17.9 Å². The lowest BCUT2D eigenvalue weighted by molar-refractivity contribution is -0.382. The van der Waals surface area contributed by atoms with Crippen LogP contribution in [0.25, 0.3) is 0 Å². The van der Waals surface area contributed by atoms with Crippen molar-refractivity contribution < 1.29 is 157 Å². The van der Waals surface area contributed by atoms with Gasteiger partial charge in [0, 0.05) is 6.92 Å². The van der Waals surface area contributed by atoms with Crippen molar-refractivity contribution in [1.29, 1.82) is 0 Å². The highest BCUT2D eigenvalue weighted by atomic mass is 16.8. The summed E-state index contributed by atoms with van der Waals surface area (Å²) in [5, 5.41) is 162. The molecule has 10 fully saturated rings. The number of aliphatic hydroxyl groups is 14. The van der Waals surface area contributed by atoms with Crippen molar-refractivity contribution in [2.45, 2.75) is 305 Å². The summed E-state index contributed by atoms with van der Waals surface area (Å²) in [5.74, 6) is -4.07. The number of carboxylic acids is 1. The third-order valence-electron chi connectivity index (χ3n) is 25.0. The van der Waals surface area contributed by atoms with E-state index >= 15 is 4.79 Å². The van der Waals surface area contributed by atoms with Crippen LogP contribution < -0.4 is 0 Å². The van der Waals surface area contributed by atoms with Crippen LogP contribution in [0, 0.1) is 50.2 Å². The Hall–Kier alpha value is -3.18. The second kappa shape index (κ2) is 28.4. The fraction of sp³-hybridized carbons (Fsp3) is 0.909. The van der Waals surface area contributed by atoms with E-state index in [1.165, 1.54) is 13.8 Å². The minimum Gasteiger partial charge on any atom is -0.479 e. The number of carbonyl (C=O) groups excluding carboxylic acids is 3. The van der Waals surface area contributed by atoms with Crippen LogP contribution in [0.1, 0.15) is 127 Å². The Morgan fingerprint density at radius 2 is 1.09 bits per heavy atom. The molecular weight excluding hydrogens is 1300 g/mol. The molecule has 32 nitrogen and oxygen atoms in total. The number of rotatable bonds is 17. The molecule has 558 valence electrons. The quantitative estimate of drug-likeness (QED) is 0.0295. The number of carboxylic acid groups (broad SMARTS) is 1. The molecule has 0 aromatic heterocycles. The fourth-order valence-electron chi connectivity index (χ4n) is 19.1. The van der Waals surface area contributed by atoms with Gasteiger partial charge in [-0.2, -0.15) is 0 Å². The number of aldehydes is 1. The number of hydrogen-bond acceptors (Lipinski definition) is 31. The first-order valence-electron chi connectivity index (χ1n) is 34.3. The highest BCUT2D eigenvalue weighted by molar-refractivity contribution is 5.79. The number of ether oxygens (including phenoxy) is 13. The molecular formula is C66H102O32. The second-order valence-electron chi connectivity index (χ2n) is 31.2. The summed E-state index contributed by atoms with van der Waals surface area (Å²) in [6, 6.07) is 0. The number of hydrogen-bond donors (Lipinski definition) is 15. The summed E-state index contributed by atoms with van der Waals surface area (Å²) in [6.45, 7) is 14.8. The van der Waals surface area contributed by atoms with Gasteiger partial charge in [-0.05, 0) is 117 Å². The maximum absolute atomic E-state index is 16.1. The van der Waals surface area contributed by atoms with E-state index < -0.39 is 249 Å². The van der Waals surface area contributed by atoms with E-state index in [1.807, 2.05) is 0 Å². The van der Waals surface area contributed by atoms with E-state index in [-0.39, 0.29) is 23.7 Å². The highest BCUT2D eigenvalue weighted by Gasteiger charge is 2.71. The predicted molar refractivity (Wildman–Crippen MR) is 324 cm³/mol. The molecule has 4 saturated carbocycles. The van der Waals surface area contributed by atoms with Crippen molar-refractivity contribution in [3.63, 3.8) is 0 Å². The number of fused-ring (bicyclic) bond motifs is 7. The maximum atomic E-state index is 16.1. The molecule has 0 radical (unpaired) electrons. The standard InChI is InChI=1S/C66H102O32/c1-25-47(93-54-43(79)36(72)30(71)23-86-54)42(78)46(82)55(87-25)97-52-51(96-56-44(80)38(74)32(22-68)91-56)48(89-27(3)70)26(2)88-59(52)98-60(85)66-18-16-61(4,5)20-29(66)28-10-11-34-62(6)14-13-35(63(7,24-69)33(62)12-15-65(34,9)64(28,8)17-19-66)92-58-50(41(77)40(76)49(94-58)53(83)84)95-57-45(81)39(75)37(73)31(21-67)90-57/h10,24-26,29-52,54-59,67-68,71-82H,11-23H2,1-9H3,(H,83,84). The lowest BCUT2D eigenvalue weighted by Gasteiger charge is -2.71. The normalized spacial score (nSPS) is 53.2. The number of allylic oxidation sites excluding steroid dienone is 2. The Bertz CT molecular complexity index is 2890. The average molecular weight is 1410 g/mol. The van der Waals surface area contributed by atoms with Crippen LogP contribution >= 0.6 is 0 Å². The number of carbonyl (C=O) groups is 4. The summed E-state index contributed by atoms with van der Waals surface area (Å²) in [5.41, 5.74) is -3.39. The summed E-state index contributed by atoms with van der Waals surface area (Å²) >= 11 is 0. The molecule has 0 amide bonds. The molecule has 0 spiro atoms. The smallest absolute Gasteiger partial charge is 0.335 e. The summed E-state index contributed by atoms with van der Waals surface area (Å²) in [4.78, 5) is 55.5. The van der Waals surface area contributed by atoms with Crippen LogP contribution in [-0.4, -0.2) is 299 Å². The van der Waals surface area contributed by atoms with E-state index in [4.69, 9.17) is 61.6 Å². The Kier molecular flexibility index (Phi) is 22.0. The second-order valence-corrected chi connectivity index (χ2v) is 31.2. The zero-order valence-electron chi connectivity index (χ0n) is 56.5. The predicted octanol–water partition coefficient (Wildman–Crippen LogP) is -3.21. The van der Waals surface area contributed by atoms with Gasteiger partial charge in [0.2, 0.25) is 6.29 Å². The molecule has 37 atom stereocenters. The van der Waals surface area contributed by atoms with Crippen molar-refractivity contribution in [3.05, 3.63) is 11.6 Å². The molecule has 11 aliphatic rings. The Labute approximate surface area is 566 Å². The summed E-state index contributed by atoms with van der Waals surface area (Å²) in [6.07, 6.45) is -41.7. The van der Waals surface area contributed by atoms with Gasteiger partial charge in [0.15, 0.2) is 49.8 Å². The highest BCUT2D eigenvalue weighted by Crippen LogP contribution is 2.76. The van der Waals surface area contributed by atoms with Crippen LogP contribution in [0.5, 0.6) is 0 Å². The Morgan fingerprint density at radius 1 is 0.541 bits per heavy atom. The molecule has 0 aromatic carbocycles. The van der Waals surface area contributed by atoms with Gasteiger partial charge in [-0.1, -0.05) is 53.2 Å². The molecule has 0 bridgehead atoms. The van der Waals surface area contributed by atoms with Crippen molar-refractivity contribution in [2.24, 2.45) is 50.2 Å². The lowest BCUT2D eigenvalue weighted by atomic mass is 9.33. The third-order valence-corrected chi connectivity index (χ3v) is 25.0. The van der Waals surface area contributed by atoms with Crippen molar-refractivity contribution in [1.82, 2.24) is 0 Å². The molecule has 6 saturated heterocycles. The molecule has 98 heavy (non-hydrogen) atoms. The minimum absolute atomic E-state index is 0.0804. The van der Waals surface area contributed by atoms with Gasteiger partial charge in [0.05, 0.1) is 49.0 Å². The van der Waals surface area contributed by atoms with Crippen molar-refractivity contribution in [3.8, 4) is 0 Å². The molecule has 6 aliphatic heterocycles. The Balaban J connectivity index is 0.878. The number of aliphatic hydroxyl groups excluding tert-OH is 14. The van der Waals surface area contributed by atoms with Gasteiger partial charge in [0.1, 0.15) is 110 Å². The zero-order valence-corrected chi connectivity index (χ0v) is 56.5. The third kappa shape index (κ3) is 13.0. The Morgan fingerprint density at radius 3 is 1.72 bits per heavy atom.